The van der Waals surface area contributed by atoms with Gasteiger partial charge in [-0.15, -0.1) is 0 Å². The van der Waals surface area contributed by atoms with E-state index in [9.17, 15) is 14.7 Å². The van der Waals surface area contributed by atoms with Crippen molar-refractivity contribution in [1.82, 2.24) is 0 Å². The number of hydrogen-bond donors (Lipinski definition) is 2. The summed E-state index contributed by atoms with van der Waals surface area (Å²) in [5.74, 6) is -1.17. The van der Waals surface area contributed by atoms with Crippen LogP contribution >= 0.6 is 0 Å². The van der Waals surface area contributed by atoms with Gasteiger partial charge in [-0.1, -0.05) is 32.9 Å². The molecule has 1 unspecified atom stereocenters. The van der Waals surface area contributed by atoms with Gasteiger partial charge in [0.1, 0.15) is 0 Å². The van der Waals surface area contributed by atoms with Crippen LogP contribution in [0, 0.1) is 0 Å². The first-order valence-electron chi connectivity index (χ1n) is 8.23. The first-order chi connectivity index (χ1) is 10.8. The molecule has 0 radical (unpaired) electrons. The molecule has 1 atom stereocenters. The third kappa shape index (κ3) is 2.24. The largest absolute Gasteiger partial charge is 0.398 e. The number of aliphatic hydroxyl groups excluding tert-OH is 1. The van der Waals surface area contributed by atoms with Crippen LogP contribution in [0.1, 0.15) is 67.1 Å². The molecule has 0 spiro atoms. The molecule has 0 bridgehead atoms. The topological polar surface area (TPSA) is 80.4 Å². The van der Waals surface area contributed by atoms with Gasteiger partial charge in [-0.05, 0) is 42.2 Å². The molecule has 0 amide bonds. The minimum absolute atomic E-state index is 0.00632. The zero-order valence-electron chi connectivity index (χ0n) is 13.9. The Morgan fingerprint density at radius 1 is 1.26 bits per heavy atom. The average molecular weight is 313 g/mol. The van der Waals surface area contributed by atoms with Crippen molar-refractivity contribution < 1.29 is 14.7 Å². The number of carbonyl (C=O) groups excluding carboxylic acids is 2. The highest BCUT2D eigenvalue weighted by atomic mass is 16.3. The molecule has 1 aromatic carbocycles. The molecule has 2 aliphatic carbocycles. The summed E-state index contributed by atoms with van der Waals surface area (Å²) < 4.78 is 0. The summed E-state index contributed by atoms with van der Waals surface area (Å²) in [6.07, 6.45) is 2.20. The molecule has 0 heterocycles. The van der Waals surface area contributed by atoms with Crippen LogP contribution in [0.25, 0.3) is 5.70 Å². The molecule has 23 heavy (non-hydrogen) atoms. The van der Waals surface area contributed by atoms with Crippen molar-refractivity contribution in [2.24, 2.45) is 5.73 Å². The van der Waals surface area contributed by atoms with Crippen molar-refractivity contribution in [2.45, 2.75) is 58.0 Å². The summed E-state index contributed by atoms with van der Waals surface area (Å²) >= 11 is 0. The van der Waals surface area contributed by atoms with E-state index >= 15 is 0 Å². The van der Waals surface area contributed by atoms with E-state index in [2.05, 4.69) is 13.8 Å². The number of benzene rings is 1. The van der Waals surface area contributed by atoms with Crippen molar-refractivity contribution >= 4 is 17.3 Å². The Hall–Kier alpha value is -1.94. The second kappa shape index (κ2) is 5.31. The monoisotopic (exact) mass is 313 g/mol. The normalized spacial score (nSPS) is 21.0. The molecule has 2 aliphatic rings. The molecule has 4 nitrogen and oxygen atoms in total. The van der Waals surface area contributed by atoms with E-state index < -0.39 is 17.7 Å². The summed E-state index contributed by atoms with van der Waals surface area (Å²) in [4.78, 5) is 25.2. The van der Waals surface area contributed by atoms with E-state index in [0.29, 0.717) is 17.5 Å². The number of aliphatic hydroxyl groups is 1. The molecule has 0 aromatic heterocycles. The Labute approximate surface area is 136 Å². The first kappa shape index (κ1) is 15.9. The van der Waals surface area contributed by atoms with Gasteiger partial charge in [-0.2, -0.15) is 0 Å². The molecule has 0 saturated carbocycles. The molecular formula is C19H23NO3. The Bertz CT molecular complexity index is 743. The lowest BCUT2D eigenvalue weighted by Crippen LogP contribution is -2.35. The van der Waals surface area contributed by atoms with Crippen LogP contribution in [0.5, 0.6) is 0 Å². The second-order valence-electron chi connectivity index (χ2n) is 7.16. The first-order valence-corrected chi connectivity index (χ1v) is 8.23. The van der Waals surface area contributed by atoms with Crippen molar-refractivity contribution in [3.63, 3.8) is 0 Å². The highest BCUT2D eigenvalue weighted by Crippen LogP contribution is 2.41. The molecule has 0 aliphatic heterocycles. The number of rotatable bonds is 2. The van der Waals surface area contributed by atoms with Gasteiger partial charge in [0.15, 0.2) is 0 Å². The molecule has 122 valence electrons. The second-order valence-corrected chi connectivity index (χ2v) is 7.16. The maximum absolute atomic E-state index is 12.7. The lowest BCUT2D eigenvalue weighted by atomic mass is 9.69. The summed E-state index contributed by atoms with van der Waals surface area (Å²) in [5, 5.41) is 10.1. The predicted molar refractivity (Wildman–Crippen MR) is 89.1 cm³/mol. The van der Waals surface area contributed by atoms with Gasteiger partial charge in [0.2, 0.25) is 11.6 Å². The maximum atomic E-state index is 12.7. The van der Waals surface area contributed by atoms with Gasteiger partial charge in [0, 0.05) is 16.8 Å². The standard InChI is InChI=1S/C19H23NO3/c1-4-13(21)15-16(20)11-7-8-12-10(6-5-9-19(12,2)3)14(11)17(22)18(15)23/h7-8,13,21H,4-6,9,20H2,1-3H3. The third-order valence-electron chi connectivity index (χ3n) is 5.25. The average Bonchev–Trinajstić information content (AvgIpc) is 2.51. The third-order valence-corrected chi connectivity index (χ3v) is 5.25. The van der Waals surface area contributed by atoms with Gasteiger partial charge in [0.05, 0.1) is 11.7 Å². The highest BCUT2D eigenvalue weighted by molar-refractivity contribution is 6.52. The van der Waals surface area contributed by atoms with Crippen LogP contribution in [0.3, 0.4) is 0 Å². The number of Topliss-reactive ketones (excluding diaryl/α,β-unsaturated/α-hetero) is 2. The Morgan fingerprint density at radius 3 is 2.61 bits per heavy atom. The molecule has 4 heteroatoms. The molecular weight excluding hydrogens is 290 g/mol. The van der Waals surface area contributed by atoms with Crippen LogP contribution in [0.2, 0.25) is 0 Å². The van der Waals surface area contributed by atoms with Crippen LogP contribution in [-0.2, 0) is 16.6 Å². The summed E-state index contributed by atoms with van der Waals surface area (Å²) in [5.41, 5.74) is 9.64. The zero-order chi connectivity index (χ0) is 16.9. The fraction of sp³-hybridized carbons (Fsp3) is 0.474. The number of ketones is 2. The summed E-state index contributed by atoms with van der Waals surface area (Å²) in [7, 11) is 0. The lowest BCUT2D eigenvalue weighted by molar-refractivity contribution is -0.112. The Balaban J connectivity index is 2.29. The van der Waals surface area contributed by atoms with E-state index in [1.165, 1.54) is 0 Å². The predicted octanol–water partition coefficient (Wildman–Crippen LogP) is 2.51. The van der Waals surface area contributed by atoms with Crippen molar-refractivity contribution in [3.05, 3.63) is 40.0 Å². The molecule has 3 N–H and O–H groups in total. The smallest absolute Gasteiger partial charge is 0.234 e. The Morgan fingerprint density at radius 2 is 1.96 bits per heavy atom. The van der Waals surface area contributed by atoms with E-state index in [4.69, 9.17) is 5.73 Å². The van der Waals surface area contributed by atoms with E-state index in [1.54, 1.807) is 6.92 Å². The van der Waals surface area contributed by atoms with Crippen molar-refractivity contribution in [2.75, 3.05) is 0 Å². The number of carbonyl (C=O) groups is 2. The summed E-state index contributed by atoms with van der Waals surface area (Å²) in [6.45, 7) is 6.09. The van der Waals surface area contributed by atoms with E-state index in [-0.39, 0.29) is 16.7 Å². The molecule has 0 saturated heterocycles. The van der Waals surface area contributed by atoms with Crippen LogP contribution in [0.15, 0.2) is 17.7 Å². The van der Waals surface area contributed by atoms with Crippen LogP contribution in [-0.4, -0.2) is 22.8 Å². The fourth-order valence-electron chi connectivity index (χ4n) is 3.91. The fourth-order valence-corrected chi connectivity index (χ4v) is 3.91. The minimum atomic E-state index is -0.993. The van der Waals surface area contributed by atoms with Gasteiger partial charge in [-0.25, -0.2) is 0 Å². The zero-order valence-corrected chi connectivity index (χ0v) is 13.9. The van der Waals surface area contributed by atoms with E-state index in [0.717, 1.165) is 30.4 Å². The molecule has 0 fully saturated rings. The van der Waals surface area contributed by atoms with Crippen molar-refractivity contribution in [3.8, 4) is 0 Å². The molecule has 3 rings (SSSR count). The summed E-state index contributed by atoms with van der Waals surface area (Å²) in [6, 6.07) is 3.86. The minimum Gasteiger partial charge on any atom is -0.398 e. The van der Waals surface area contributed by atoms with Crippen LogP contribution < -0.4 is 5.73 Å². The van der Waals surface area contributed by atoms with E-state index in [1.807, 2.05) is 12.1 Å². The lowest BCUT2D eigenvalue weighted by Gasteiger charge is -2.35. The SMILES string of the molecule is CCC(O)C1=C(N)c2ccc3c(c2C(=O)C1=O)CCCC3(C)C. The maximum Gasteiger partial charge on any atom is 0.234 e. The van der Waals surface area contributed by atoms with Gasteiger partial charge < -0.3 is 10.8 Å². The highest BCUT2D eigenvalue weighted by Gasteiger charge is 2.39. The number of hydrogen-bond acceptors (Lipinski definition) is 4. The van der Waals surface area contributed by atoms with Gasteiger partial charge in [0.25, 0.3) is 0 Å². The number of nitrogens with two attached hydrogens (primary N) is 1. The quantitative estimate of drug-likeness (QED) is 0.822. The Kier molecular flexibility index (Phi) is 3.68. The number of fused-ring (bicyclic) bond motifs is 3. The van der Waals surface area contributed by atoms with Gasteiger partial charge in [-0.3, -0.25) is 9.59 Å². The van der Waals surface area contributed by atoms with Crippen molar-refractivity contribution in [1.29, 1.82) is 0 Å². The van der Waals surface area contributed by atoms with Crippen LogP contribution in [0.4, 0.5) is 0 Å². The molecule has 1 aromatic rings. The van der Waals surface area contributed by atoms with Gasteiger partial charge >= 0.3 is 0 Å².